The average Bonchev–Trinajstić information content (AvgIpc) is 2.76. The van der Waals surface area contributed by atoms with Gasteiger partial charge in [-0.2, -0.15) is 5.10 Å². The van der Waals surface area contributed by atoms with Crippen molar-refractivity contribution in [1.29, 1.82) is 0 Å². The van der Waals surface area contributed by atoms with E-state index in [1.54, 1.807) is 0 Å². The molecule has 0 fully saturated rings. The first-order chi connectivity index (χ1) is 9.45. The predicted octanol–water partition coefficient (Wildman–Crippen LogP) is 2.86. The van der Waals surface area contributed by atoms with Crippen LogP contribution in [0.4, 0.5) is 14.5 Å². The smallest absolute Gasteiger partial charge is 0.282 e. The molecule has 0 spiro atoms. The number of aromatic nitrogens is 2. The predicted molar refractivity (Wildman–Crippen MR) is 66.1 cm³/mol. The highest BCUT2D eigenvalue weighted by atomic mass is 35.5. The molecule has 0 amide bonds. The van der Waals surface area contributed by atoms with E-state index in [1.807, 2.05) is 0 Å². The molecule has 2 rings (SSSR count). The maximum Gasteiger partial charge on any atom is 0.282 e. The number of nitro groups is 1. The summed E-state index contributed by atoms with van der Waals surface area (Å²) in [5.74, 6) is 0. The van der Waals surface area contributed by atoms with Gasteiger partial charge >= 0.3 is 0 Å². The quantitative estimate of drug-likeness (QED) is 0.695. The Morgan fingerprint density at radius 2 is 2.00 bits per heavy atom. The fourth-order valence-corrected chi connectivity index (χ4v) is 1.95. The Labute approximate surface area is 116 Å². The van der Waals surface area contributed by atoms with E-state index in [-0.39, 0.29) is 22.1 Å². The molecule has 6 nitrogen and oxygen atoms in total. The first-order valence-corrected chi connectivity index (χ1v) is 5.74. The summed E-state index contributed by atoms with van der Waals surface area (Å²) in [7, 11) is 0. The van der Waals surface area contributed by atoms with Gasteiger partial charge in [0, 0.05) is 17.7 Å². The number of hydrogen-bond donors (Lipinski definition) is 1. The van der Waals surface area contributed by atoms with Crippen LogP contribution in [-0.2, 0) is 6.61 Å². The maximum atomic E-state index is 12.8. The molecule has 0 aliphatic carbocycles. The lowest BCUT2D eigenvalue weighted by atomic mass is 10.2. The number of halogens is 3. The van der Waals surface area contributed by atoms with E-state index in [1.165, 1.54) is 24.3 Å². The van der Waals surface area contributed by atoms with Gasteiger partial charge in [-0.25, -0.2) is 13.5 Å². The standard InChI is InChI=1S/C11H8ClF2N3O3/c12-10-8(5-18)9(11(13)14)15-16(10)6-1-3-7(4-2-6)17(19)20/h1-4,11,18H,5H2. The van der Waals surface area contributed by atoms with E-state index >= 15 is 0 Å². The van der Waals surface area contributed by atoms with E-state index in [4.69, 9.17) is 16.7 Å². The molecule has 20 heavy (non-hydrogen) atoms. The van der Waals surface area contributed by atoms with E-state index in [2.05, 4.69) is 5.10 Å². The molecule has 1 N–H and O–H groups in total. The van der Waals surface area contributed by atoms with Crippen molar-refractivity contribution >= 4 is 17.3 Å². The molecular formula is C11H8ClF2N3O3. The third kappa shape index (κ3) is 2.47. The lowest BCUT2D eigenvalue weighted by molar-refractivity contribution is -0.384. The highest BCUT2D eigenvalue weighted by Gasteiger charge is 2.23. The van der Waals surface area contributed by atoms with Gasteiger partial charge in [0.2, 0.25) is 0 Å². The van der Waals surface area contributed by atoms with Gasteiger partial charge in [-0.05, 0) is 12.1 Å². The molecule has 1 aromatic heterocycles. The van der Waals surface area contributed by atoms with Crippen LogP contribution in [-0.4, -0.2) is 19.8 Å². The largest absolute Gasteiger partial charge is 0.391 e. The number of aliphatic hydroxyl groups is 1. The Hall–Kier alpha value is -2.06. The number of hydrogen-bond acceptors (Lipinski definition) is 4. The van der Waals surface area contributed by atoms with Crippen molar-refractivity contribution in [3.8, 4) is 5.69 Å². The first-order valence-electron chi connectivity index (χ1n) is 5.36. The van der Waals surface area contributed by atoms with Crippen molar-refractivity contribution in [3.63, 3.8) is 0 Å². The zero-order valence-corrected chi connectivity index (χ0v) is 10.6. The molecule has 0 aliphatic rings. The molecule has 1 aromatic carbocycles. The molecule has 0 saturated carbocycles. The van der Waals surface area contributed by atoms with E-state index in [0.29, 0.717) is 0 Å². The third-order valence-electron chi connectivity index (χ3n) is 2.62. The zero-order valence-electron chi connectivity index (χ0n) is 9.83. The zero-order chi connectivity index (χ0) is 14.9. The molecule has 106 valence electrons. The normalized spacial score (nSPS) is 11.1. The van der Waals surface area contributed by atoms with Crippen LogP contribution in [0.15, 0.2) is 24.3 Å². The fraction of sp³-hybridized carbons (Fsp3) is 0.182. The molecule has 0 saturated heterocycles. The van der Waals surface area contributed by atoms with Gasteiger partial charge in [0.15, 0.2) is 0 Å². The number of rotatable bonds is 4. The molecule has 0 bridgehead atoms. The van der Waals surface area contributed by atoms with Crippen molar-refractivity contribution in [2.45, 2.75) is 13.0 Å². The van der Waals surface area contributed by atoms with Crippen molar-refractivity contribution in [2.75, 3.05) is 0 Å². The Bertz CT molecular complexity index is 643. The van der Waals surface area contributed by atoms with Gasteiger partial charge in [-0.3, -0.25) is 10.1 Å². The Balaban J connectivity index is 2.50. The monoisotopic (exact) mass is 303 g/mol. The van der Waals surface area contributed by atoms with Crippen LogP contribution < -0.4 is 0 Å². The molecular weight excluding hydrogens is 296 g/mol. The topological polar surface area (TPSA) is 81.2 Å². The van der Waals surface area contributed by atoms with E-state index < -0.39 is 23.6 Å². The van der Waals surface area contributed by atoms with Crippen molar-refractivity contribution in [1.82, 2.24) is 9.78 Å². The lowest BCUT2D eigenvalue weighted by Gasteiger charge is -2.02. The number of nitrogens with zero attached hydrogens (tertiary/aromatic N) is 3. The van der Waals surface area contributed by atoms with Crippen molar-refractivity contribution in [2.24, 2.45) is 0 Å². The minimum atomic E-state index is -2.88. The number of nitro benzene ring substituents is 1. The van der Waals surface area contributed by atoms with E-state index in [0.717, 1.165) is 4.68 Å². The molecule has 0 unspecified atom stereocenters. The maximum absolute atomic E-state index is 12.8. The van der Waals surface area contributed by atoms with Crippen LogP contribution in [0.3, 0.4) is 0 Å². The van der Waals surface area contributed by atoms with Gasteiger partial charge in [-0.1, -0.05) is 11.6 Å². The number of non-ortho nitro benzene ring substituents is 1. The van der Waals surface area contributed by atoms with Crippen LogP contribution in [0.5, 0.6) is 0 Å². The van der Waals surface area contributed by atoms with Crippen LogP contribution in [0, 0.1) is 10.1 Å². The summed E-state index contributed by atoms with van der Waals surface area (Å²) in [4.78, 5) is 9.95. The second-order valence-electron chi connectivity index (χ2n) is 3.80. The fourth-order valence-electron chi connectivity index (χ4n) is 1.65. The SMILES string of the molecule is O=[N+]([O-])c1ccc(-n2nc(C(F)F)c(CO)c2Cl)cc1. The van der Waals surface area contributed by atoms with Gasteiger partial charge < -0.3 is 5.11 Å². The first kappa shape index (κ1) is 14.4. The number of aliphatic hydroxyl groups excluding tert-OH is 1. The second-order valence-corrected chi connectivity index (χ2v) is 4.16. The van der Waals surface area contributed by atoms with Crippen LogP contribution >= 0.6 is 11.6 Å². The Kier molecular flexibility index (Phi) is 3.96. The van der Waals surface area contributed by atoms with Crippen LogP contribution in [0.25, 0.3) is 5.69 Å². The summed E-state index contributed by atoms with van der Waals surface area (Å²) >= 11 is 5.88. The molecule has 0 radical (unpaired) electrons. The molecule has 0 atom stereocenters. The van der Waals surface area contributed by atoms with Crippen molar-refractivity contribution < 1.29 is 18.8 Å². The molecule has 1 heterocycles. The van der Waals surface area contributed by atoms with E-state index in [9.17, 15) is 18.9 Å². The van der Waals surface area contributed by atoms with Gasteiger partial charge in [0.05, 0.1) is 17.2 Å². The van der Waals surface area contributed by atoms with Crippen LogP contribution in [0.1, 0.15) is 17.7 Å². The average molecular weight is 304 g/mol. The number of benzene rings is 1. The summed E-state index contributed by atoms with van der Waals surface area (Å²) in [6, 6.07) is 5.06. The minimum Gasteiger partial charge on any atom is -0.391 e. The summed E-state index contributed by atoms with van der Waals surface area (Å²) < 4.78 is 26.5. The van der Waals surface area contributed by atoms with Gasteiger partial charge in [0.1, 0.15) is 10.8 Å². The number of alkyl halides is 2. The molecule has 0 aliphatic heterocycles. The lowest BCUT2D eigenvalue weighted by Crippen LogP contribution is -1.98. The second kappa shape index (κ2) is 5.51. The highest BCUT2D eigenvalue weighted by molar-refractivity contribution is 6.30. The minimum absolute atomic E-state index is 0.145. The summed E-state index contributed by atoms with van der Waals surface area (Å²) in [6.45, 7) is -0.675. The summed E-state index contributed by atoms with van der Waals surface area (Å²) in [5.41, 5.74) is -0.647. The summed E-state index contributed by atoms with van der Waals surface area (Å²) in [5, 5.41) is 23.1. The molecule has 9 heteroatoms. The Morgan fingerprint density at radius 1 is 1.40 bits per heavy atom. The third-order valence-corrected chi connectivity index (χ3v) is 3.01. The summed E-state index contributed by atoms with van der Waals surface area (Å²) in [6.07, 6.45) is -2.88. The van der Waals surface area contributed by atoms with Gasteiger partial charge in [-0.15, -0.1) is 0 Å². The Morgan fingerprint density at radius 3 is 2.40 bits per heavy atom. The van der Waals surface area contributed by atoms with Crippen LogP contribution in [0.2, 0.25) is 5.15 Å². The van der Waals surface area contributed by atoms with Gasteiger partial charge in [0.25, 0.3) is 12.1 Å². The molecule has 2 aromatic rings. The van der Waals surface area contributed by atoms with Crippen molar-refractivity contribution in [3.05, 3.63) is 50.8 Å². The highest BCUT2D eigenvalue weighted by Crippen LogP contribution is 2.30.